The van der Waals surface area contributed by atoms with Crippen LogP contribution in [0.2, 0.25) is 0 Å². The van der Waals surface area contributed by atoms with E-state index in [1.54, 1.807) is 6.07 Å². The molecule has 0 aromatic carbocycles. The number of nitrogens with zero attached hydrogens (tertiary/aromatic N) is 2. The number of primary amides is 1. The van der Waals surface area contributed by atoms with Gasteiger partial charge >= 0.3 is 0 Å². The van der Waals surface area contributed by atoms with E-state index in [9.17, 15) is 9.59 Å². The summed E-state index contributed by atoms with van der Waals surface area (Å²) >= 11 is 1.12. The summed E-state index contributed by atoms with van der Waals surface area (Å²) in [6.07, 6.45) is 1.50. The highest BCUT2D eigenvalue weighted by atomic mass is 32.1. The maximum Gasteiger partial charge on any atom is 0.264 e. The zero-order valence-electron chi connectivity index (χ0n) is 8.64. The number of rotatable bonds is 3. The van der Waals surface area contributed by atoms with Gasteiger partial charge in [0, 0.05) is 5.39 Å². The zero-order chi connectivity index (χ0) is 12.4. The van der Waals surface area contributed by atoms with Crippen LogP contribution in [0.3, 0.4) is 0 Å². The summed E-state index contributed by atoms with van der Waals surface area (Å²) in [4.78, 5) is 23.1. The molecule has 0 atom stereocenters. The molecular formula is C9H9N5O2S. The number of thiophene rings is 1. The van der Waals surface area contributed by atoms with Crippen LogP contribution in [-0.4, -0.2) is 28.6 Å². The molecule has 88 valence electrons. The Kier molecular flexibility index (Phi) is 2.88. The molecular weight excluding hydrogens is 242 g/mol. The average molecular weight is 251 g/mol. The van der Waals surface area contributed by atoms with E-state index in [0.717, 1.165) is 11.3 Å². The van der Waals surface area contributed by atoms with Gasteiger partial charge in [0.15, 0.2) is 0 Å². The van der Waals surface area contributed by atoms with E-state index in [2.05, 4.69) is 15.5 Å². The minimum atomic E-state index is -0.613. The smallest absolute Gasteiger partial charge is 0.264 e. The van der Waals surface area contributed by atoms with Gasteiger partial charge < -0.3 is 16.8 Å². The van der Waals surface area contributed by atoms with Crippen LogP contribution in [0.1, 0.15) is 9.67 Å². The lowest BCUT2D eigenvalue weighted by Gasteiger charge is -2.00. The summed E-state index contributed by atoms with van der Waals surface area (Å²) in [5, 5.41) is 10.6. The first kappa shape index (κ1) is 11.3. The van der Waals surface area contributed by atoms with Crippen molar-refractivity contribution in [3.05, 3.63) is 17.1 Å². The van der Waals surface area contributed by atoms with E-state index in [1.807, 2.05) is 0 Å². The highest BCUT2D eigenvalue weighted by molar-refractivity contribution is 7.21. The second-order valence-electron chi connectivity index (χ2n) is 3.24. The van der Waals surface area contributed by atoms with Crippen molar-refractivity contribution in [1.29, 1.82) is 0 Å². The molecule has 0 unspecified atom stereocenters. The first-order valence-corrected chi connectivity index (χ1v) is 5.47. The van der Waals surface area contributed by atoms with Crippen molar-refractivity contribution in [2.75, 3.05) is 12.3 Å². The van der Waals surface area contributed by atoms with Crippen molar-refractivity contribution < 1.29 is 9.59 Å². The number of nitrogen functional groups attached to an aromatic ring is 1. The van der Waals surface area contributed by atoms with Gasteiger partial charge in [-0.3, -0.25) is 9.59 Å². The van der Waals surface area contributed by atoms with E-state index in [-0.39, 0.29) is 6.54 Å². The van der Waals surface area contributed by atoms with Gasteiger partial charge in [-0.05, 0) is 6.07 Å². The van der Waals surface area contributed by atoms with Crippen LogP contribution in [0.5, 0.6) is 0 Å². The molecule has 0 radical (unpaired) electrons. The minimum absolute atomic E-state index is 0.224. The van der Waals surface area contributed by atoms with E-state index < -0.39 is 11.8 Å². The number of hydrogen-bond donors (Lipinski definition) is 3. The molecule has 17 heavy (non-hydrogen) atoms. The maximum absolute atomic E-state index is 11.7. The standard InChI is InChI=1S/C9H9N5O2S/c10-5(15)3-12-8(16)7-6(11)4-1-2-13-14-9(4)17-7/h1-2H,3,11H2,(H2,10,15)(H,12,16). The van der Waals surface area contributed by atoms with E-state index >= 15 is 0 Å². The van der Waals surface area contributed by atoms with Crippen molar-refractivity contribution >= 4 is 39.1 Å². The molecule has 0 fully saturated rings. The molecule has 0 spiro atoms. The maximum atomic E-state index is 11.7. The highest BCUT2D eigenvalue weighted by Gasteiger charge is 2.17. The van der Waals surface area contributed by atoms with Gasteiger partial charge in [-0.1, -0.05) is 0 Å². The summed E-state index contributed by atoms with van der Waals surface area (Å²) in [7, 11) is 0. The average Bonchev–Trinajstić information content (AvgIpc) is 2.64. The van der Waals surface area contributed by atoms with Gasteiger partial charge in [0.2, 0.25) is 5.91 Å². The molecule has 8 heteroatoms. The third kappa shape index (κ3) is 2.16. The van der Waals surface area contributed by atoms with E-state index in [4.69, 9.17) is 11.5 Å². The lowest BCUT2D eigenvalue weighted by molar-refractivity contribution is -0.117. The quantitative estimate of drug-likeness (QED) is 0.677. The fourth-order valence-electron chi connectivity index (χ4n) is 1.29. The minimum Gasteiger partial charge on any atom is -0.397 e. The molecule has 2 rings (SSSR count). The van der Waals surface area contributed by atoms with Gasteiger partial charge in [-0.25, -0.2) is 0 Å². The van der Waals surface area contributed by atoms with Crippen LogP contribution in [0.25, 0.3) is 10.2 Å². The second-order valence-corrected chi connectivity index (χ2v) is 4.24. The van der Waals surface area contributed by atoms with Crippen LogP contribution in [0.15, 0.2) is 12.3 Å². The normalized spacial score (nSPS) is 10.4. The number of nitrogens with two attached hydrogens (primary N) is 2. The Balaban J connectivity index is 2.32. The van der Waals surface area contributed by atoms with Crippen molar-refractivity contribution in [2.24, 2.45) is 5.73 Å². The third-order valence-corrected chi connectivity index (χ3v) is 3.15. The Bertz CT molecular complexity index is 594. The second kappa shape index (κ2) is 4.34. The predicted octanol–water partition coefficient (Wildman–Crippen LogP) is -0.511. The number of carbonyl (C=O) groups excluding carboxylic acids is 2. The molecule has 0 saturated carbocycles. The molecule has 2 amide bonds. The Hall–Kier alpha value is -2.22. The number of carbonyl (C=O) groups is 2. The first-order chi connectivity index (χ1) is 8.09. The van der Waals surface area contributed by atoms with Crippen LogP contribution in [0, 0.1) is 0 Å². The fourth-order valence-corrected chi connectivity index (χ4v) is 2.24. The van der Waals surface area contributed by atoms with Gasteiger partial charge in [0.05, 0.1) is 18.4 Å². The van der Waals surface area contributed by atoms with Gasteiger partial charge in [-0.15, -0.1) is 16.4 Å². The molecule has 7 nitrogen and oxygen atoms in total. The fraction of sp³-hybridized carbons (Fsp3) is 0.111. The van der Waals surface area contributed by atoms with Gasteiger partial charge in [0.25, 0.3) is 5.91 Å². The Morgan fingerprint density at radius 2 is 2.24 bits per heavy atom. The molecule has 2 aromatic heterocycles. The molecule has 0 bridgehead atoms. The highest BCUT2D eigenvalue weighted by Crippen LogP contribution is 2.31. The van der Waals surface area contributed by atoms with Crippen LogP contribution < -0.4 is 16.8 Å². The lowest BCUT2D eigenvalue weighted by Crippen LogP contribution is -2.33. The Morgan fingerprint density at radius 1 is 1.47 bits per heavy atom. The van der Waals surface area contributed by atoms with Crippen LogP contribution in [-0.2, 0) is 4.79 Å². The molecule has 5 N–H and O–H groups in total. The number of aromatic nitrogens is 2. The molecule has 0 aliphatic carbocycles. The third-order valence-electron chi connectivity index (χ3n) is 2.05. The topological polar surface area (TPSA) is 124 Å². The Labute approximate surface area is 99.8 Å². The first-order valence-electron chi connectivity index (χ1n) is 4.65. The molecule has 0 aliphatic heterocycles. The van der Waals surface area contributed by atoms with Crippen molar-refractivity contribution in [2.45, 2.75) is 0 Å². The van der Waals surface area contributed by atoms with Crippen molar-refractivity contribution in [3.63, 3.8) is 0 Å². The molecule has 2 heterocycles. The Morgan fingerprint density at radius 3 is 2.88 bits per heavy atom. The zero-order valence-corrected chi connectivity index (χ0v) is 9.45. The van der Waals surface area contributed by atoms with Crippen LogP contribution in [0.4, 0.5) is 5.69 Å². The van der Waals surface area contributed by atoms with E-state index in [1.165, 1.54) is 6.20 Å². The number of fused-ring (bicyclic) bond motifs is 1. The monoisotopic (exact) mass is 251 g/mol. The van der Waals surface area contributed by atoms with Gasteiger partial charge in [-0.2, -0.15) is 5.10 Å². The SMILES string of the molecule is NC(=O)CNC(=O)c1sc2nnccc2c1N. The molecule has 2 aromatic rings. The lowest BCUT2D eigenvalue weighted by atomic mass is 10.3. The number of nitrogens with one attached hydrogen (secondary N) is 1. The number of amides is 2. The van der Waals surface area contributed by atoms with Crippen LogP contribution >= 0.6 is 11.3 Å². The van der Waals surface area contributed by atoms with E-state index in [0.29, 0.717) is 20.8 Å². The summed E-state index contributed by atoms with van der Waals surface area (Å²) < 4.78 is 0. The summed E-state index contributed by atoms with van der Waals surface area (Å²) in [6, 6.07) is 1.68. The van der Waals surface area contributed by atoms with Gasteiger partial charge in [0.1, 0.15) is 9.71 Å². The predicted molar refractivity (Wildman–Crippen MR) is 63.4 cm³/mol. The molecule has 0 saturated heterocycles. The summed E-state index contributed by atoms with van der Waals surface area (Å²) in [6.45, 7) is -0.224. The summed E-state index contributed by atoms with van der Waals surface area (Å²) in [5.74, 6) is -1.05. The number of anilines is 1. The summed E-state index contributed by atoms with van der Waals surface area (Å²) in [5.41, 5.74) is 11.1. The van der Waals surface area contributed by atoms with Crippen molar-refractivity contribution in [3.8, 4) is 0 Å². The largest absolute Gasteiger partial charge is 0.397 e. The van der Waals surface area contributed by atoms with Crippen molar-refractivity contribution in [1.82, 2.24) is 15.5 Å². The molecule has 0 aliphatic rings. The number of hydrogen-bond acceptors (Lipinski definition) is 6.